The Morgan fingerprint density at radius 2 is 2.04 bits per heavy atom. The van der Waals surface area contributed by atoms with Crippen molar-refractivity contribution in [1.29, 1.82) is 0 Å². The maximum Gasteiger partial charge on any atom is 0.274 e. The van der Waals surface area contributed by atoms with E-state index in [4.69, 9.17) is 4.52 Å². The van der Waals surface area contributed by atoms with E-state index in [1.54, 1.807) is 24.4 Å². The predicted molar refractivity (Wildman–Crippen MR) is 90.9 cm³/mol. The summed E-state index contributed by atoms with van der Waals surface area (Å²) < 4.78 is 5.88. The van der Waals surface area contributed by atoms with Gasteiger partial charge in [-0.1, -0.05) is 27.2 Å². The fourth-order valence-corrected chi connectivity index (χ4v) is 2.37. The Labute approximate surface area is 141 Å². The van der Waals surface area contributed by atoms with Crippen molar-refractivity contribution in [2.45, 2.75) is 6.92 Å². The molecule has 2 heterocycles. The van der Waals surface area contributed by atoms with Crippen LogP contribution in [-0.4, -0.2) is 16.0 Å². The van der Waals surface area contributed by atoms with E-state index in [2.05, 4.69) is 36.7 Å². The van der Waals surface area contributed by atoms with E-state index < -0.39 is 0 Å². The lowest BCUT2D eigenvalue weighted by atomic mass is 10.2. The van der Waals surface area contributed by atoms with Crippen molar-refractivity contribution in [1.82, 2.24) is 10.1 Å². The zero-order valence-corrected chi connectivity index (χ0v) is 13.8. The molecule has 116 valence electrons. The first kappa shape index (κ1) is 15.2. The summed E-state index contributed by atoms with van der Waals surface area (Å²) in [5.41, 5.74) is 1.69. The fourth-order valence-electron chi connectivity index (χ4n) is 1.97. The highest BCUT2D eigenvalue weighted by molar-refractivity contribution is 9.10. The highest BCUT2D eigenvalue weighted by Crippen LogP contribution is 2.18. The van der Waals surface area contributed by atoms with Crippen LogP contribution in [0.5, 0.6) is 0 Å². The molecule has 0 aliphatic carbocycles. The number of anilines is 3. The zero-order chi connectivity index (χ0) is 16.2. The number of benzene rings is 1. The second kappa shape index (κ2) is 6.62. The molecule has 1 amide bonds. The maximum absolute atomic E-state index is 12.3. The van der Waals surface area contributed by atoms with E-state index in [0.29, 0.717) is 28.6 Å². The Bertz CT molecular complexity index is 847. The SMILES string of the molecule is Cc1cc(Nc2ccnc(C(=O)Nc3cccc(Br)c3)c2)no1. The highest BCUT2D eigenvalue weighted by atomic mass is 79.9. The minimum Gasteiger partial charge on any atom is -0.360 e. The quantitative estimate of drug-likeness (QED) is 0.719. The van der Waals surface area contributed by atoms with Crippen LogP contribution in [0.15, 0.2) is 57.7 Å². The van der Waals surface area contributed by atoms with Gasteiger partial charge in [0.1, 0.15) is 11.5 Å². The lowest BCUT2D eigenvalue weighted by molar-refractivity contribution is 0.102. The topological polar surface area (TPSA) is 80.0 Å². The average Bonchev–Trinajstić information content (AvgIpc) is 2.92. The summed E-state index contributed by atoms with van der Waals surface area (Å²) >= 11 is 3.37. The summed E-state index contributed by atoms with van der Waals surface area (Å²) in [5, 5.41) is 9.71. The Kier molecular flexibility index (Phi) is 4.38. The summed E-state index contributed by atoms with van der Waals surface area (Å²) in [6.45, 7) is 1.81. The third-order valence-electron chi connectivity index (χ3n) is 2.98. The van der Waals surface area contributed by atoms with Gasteiger partial charge >= 0.3 is 0 Å². The van der Waals surface area contributed by atoms with Crippen LogP contribution in [0.25, 0.3) is 0 Å². The first-order valence-electron chi connectivity index (χ1n) is 6.83. The Hall–Kier alpha value is -2.67. The molecular formula is C16H13BrN4O2. The number of aryl methyl sites for hydroxylation is 1. The molecule has 23 heavy (non-hydrogen) atoms. The van der Waals surface area contributed by atoms with Gasteiger partial charge in [-0.2, -0.15) is 0 Å². The molecule has 0 saturated heterocycles. The summed E-state index contributed by atoms with van der Waals surface area (Å²) in [6, 6.07) is 12.5. The second-order valence-electron chi connectivity index (χ2n) is 4.84. The molecule has 2 N–H and O–H groups in total. The number of halogens is 1. The van der Waals surface area contributed by atoms with E-state index in [9.17, 15) is 4.79 Å². The number of carbonyl (C=O) groups excluding carboxylic acids is 1. The number of pyridine rings is 1. The maximum atomic E-state index is 12.3. The lowest BCUT2D eigenvalue weighted by Gasteiger charge is -2.07. The normalized spacial score (nSPS) is 10.3. The van der Waals surface area contributed by atoms with E-state index in [1.807, 2.05) is 31.2 Å². The minimum absolute atomic E-state index is 0.289. The van der Waals surface area contributed by atoms with Crippen molar-refractivity contribution in [2.24, 2.45) is 0 Å². The van der Waals surface area contributed by atoms with Crippen LogP contribution in [0.1, 0.15) is 16.2 Å². The summed E-state index contributed by atoms with van der Waals surface area (Å²) in [5.74, 6) is 0.990. The van der Waals surface area contributed by atoms with Crippen LogP contribution in [-0.2, 0) is 0 Å². The van der Waals surface area contributed by atoms with Crippen molar-refractivity contribution in [3.05, 3.63) is 64.6 Å². The van der Waals surface area contributed by atoms with E-state index in [1.165, 1.54) is 0 Å². The second-order valence-corrected chi connectivity index (χ2v) is 5.76. The van der Waals surface area contributed by atoms with E-state index in [-0.39, 0.29) is 5.91 Å². The molecule has 7 heteroatoms. The lowest BCUT2D eigenvalue weighted by Crippen LogP contribution is -2.13. The summed E-state index contributed by atoms with van der Waals surface area (Å²) in [7, 11) is 0. The van der Waals surface area contributed by atoms with Crippen LogP contribution in [0.4, 0.5) is 17.2 Å². The van der Waals surface area contributed by atoms with Gasteiger partial charge in [0.15, 0.2) is 5.82 Å². The number of hydrogen-bond donors (Lipinski definition) is 2. The highest BCUT2D eigenvalue weighted by Gasteiger charge is 2.09. The van der Waals surface area contributed by atoms with Crippen molar-refractivity contribution in [2.75, 3.05) is 10.6 Å². The van der Waals surface area contributed by atoms with Crippen LogP contribution >= 0.6 is 15.9 Å². The van der Waals surface area contributed by atoms with Gasteiger partial charge in [-0.3, -0.25) is 9.78 Å². The first-order valence-corrected chi connectivity index (χ1v) is 7.63. The Morgan fingerprint density at radius 3 is 2.78 bits per heavy atom. The van der Waals surface area contributed by atoms with Gasteiger partial charge in [0.2, 0.25) is 0 Å². The van der Waals surface area contributed by atoms with Crippen LogP contribution in [0, 0.1) is 6.92 Å². The molecule has 3 rings (SSSR count). The van der Waals surface area contributed by atoms with Crippen molar-refractivity contribution in [3.63, 3.8) is 0 Å². The average molecular weight is 373 g/mol. The molecule has 0 saturated carbocycles. The van der Waals surface area contributed by atoms with Gasteiger partial charge in [0.25, 0.3) is 5.91 Å². The number of nitrogens with zero attached hydrogens (tertiary/aromatic N) is 2. The molecule has 0 aliphatic heterocycles. The molecule has 0 radical (unpaired) electrons. The van der Waals surface area contributed by atoms with Gasteiger partial charge in [-0.05, 0) is 37.3 Å². The van der Waals surface area contributed by atoms with Gasteiger partial charge in [0, 0.05) is 28.1 Å². The monoisotopic (exact) mass is 372 g/mol. The summed E-state index contributed by atoms with van der Waals surface area (Å²) in [4.78, 5) is 16.4. The molecule has 0 fully saturated rings. The van der Waals surface area contributed by atoms with Crippen LogP contribution in [0.3, 0.4) is 0 Å². The van der Waals surface area contributed by atoms with Crippen molar-refractivity contribution in [3.8, 4) is 0 Å². The number of hydrogen-bond acceptors (Lipinski definition) is 5. The minimum atomic E-state index is -0.289. The third kappa shape index (κ3) is 3.95. The van der Waals surface area contributed by atoms with Gasteiger partial charge < -0.3 is 15.2 Å². The number of rotatable bonds is 4. The van der Waals surface area contributed by atoms with Gasteiger partial charge in [0.05, 0.1) is 0 Å². The molecular weight excluding hydrogens is 360 g/mol. The number of carbonyl (C=O) groups is 1. The fraction of sp³-hybridized carbons (Fsp3) is 0.0625. The van der Waals surface area contributed by atoms with Crippen LogP contribution in [0.2, 0.25) is 0 Å². The number of aromatic nitrogens is 2. The number of nitrogens with one attached hydrogen (secondary N) is 2. The molecule has 0 unspecified atom stereocenters. The van der Waals surface area contributed by atoms with Gasteiger partial charge in [-0.15, -0.1) is 0 Å². The molecule has 1 aromatic carbocycles. The zero-order valence-electron chi connectivity index (χ0n) is 12.2. The van der Waals surface area contributed by atoms with Crippen molar-refractivity contribution >= 4 is 39.0 Å². The molecule has 0 spiro atoms. The molecule has 0 bridgehead atoms. The third-order valence-corrected chi connectivity index (χ3v) is 3.47. The first-order chi connectivity index (χ1) is 11.1. The molecule has 0 aliphatic rings. The Balaban J connectivity index is 1.75. The summed E-state index contributed by atoms with van der Waals surface area (Å²) in [6.07, 6.45) is 1.56. The van der Waals surface area contributed by atoms with E-state index in [0.717, 1.165) is 4.47 Å². The van der Waals surface area contributed by atoms with Gasteiger partial charge in [-0.25, -0.2) is 0 Å². The van der Waals surface area contributed by atoms with Crippen molar-refractivity contribution < 1.29 is 9.32 Å². The smallest absolute Gasteiger partial charge is 0.274 e. The standard InChI is InChI=1S/C16H13BrN4O2/c1-10-7-15(21-23-10)19-13-5-6-18-14(9-13)16(22)20-12-4-2-3-11(17)8-12/h2-9H,1H3,(H,20,22)(H,18,19,21). The Morgan fingerprint density at radius 1 is 1.17 bits per heavy atom. The van der Waals surface area contributed by atoms with E-state index >= 15 is 0 Å². The molecule has 2 aromatic heterocycles. The molecule has 3 aromatic rings. The largest absolute Gasteiger partial charge is 0.360 e. The number of amides is 1. The molecule has 0 atom stereocenters. The van der Waals surface area contributed by atoms with Crippen LogP contribution < -0.4 is 10.6 Å². The predicted octanol–water partition coefficient (Wildman–Crippen LogP) is 4.14. The molecule has 6 nitrogen and oxygen atoms in total.